The summed E-state index contributed by atoms with van der Waals surface area (Å²) in [4.78, 5) is 36.9. The number of carbonyl (C=O) groups excluding carboxylic acids is 3. The second kappa shape index (κ2) is 7.23. The van der Waals surface area contributed by atoms with Crippen LogP contribution in [0.3, 0.4) is 0 Å². The van der Waals surface area contributed by atoms with Crippen molar-refractivity contribution in [2.75, 3.05) is 26.9 Å². The molecule has 2 unspecified atom stereocenters. The van der Waals surface area contributed by atoms with Gasteiger partial charge in [0, 0.05) is 13.5 Å². The van der Waals surface area contributed by atoms with Crippen molar-refractivity contribution in [3.8, 4) is 0 Å². The maximum atomic E-state index is 12.6. The lowest BCUT2D eigenvalue weighted by molar-refractivity contribution is -0.162. The fourth-order valence-electron chi connectivity index (χ4n) is 2.11. The summed E-state index contributed by atoms with van der Waals surface area (Å²) in [7, 11) is 1.27. The number of hydrogen-bond donors (Lipinski definition) is 1. The van der Waals surface area contributed by atoms with Gasteiger partial charge in [-0.1, -0.05) is 13.8 Å². The standard InChI is InChI=1S/C13H22N2O5/c1-8(2)11(14-9(3)16)12(17)15-5-6-20-7-10(15)13(18)19-4/h8,10-11H,5-7H2,1-4H3,(H,14,16). The van der Waals surface area contributed by atoms with Gasteiger partial charge >= 0.3 is 5.97 Å². The Balaban J connectivity index is 2.89. The summed E-state index contributed by atoms with van der Waals surface area (Å²) in [6.07, 6.45) is 0. The van der Waals surface area contributed by atoms with Gasteiger partial charge in [0.25, 0.3) is 0 Å². The summed E-state index contributed by atoms with van der Waals surface area (Å²) in [5, 5.41) is 2.63. The van der Waals surface area contributed by atoms with Gasteiger partial charge < -0.3 is 19.7 Å². The van der Waals surface area contributed by atoms with Gasteiger partial charge in [-0.05, 0) is 5.92 Å². The van der Waals surface area contributed by atoms with E-state index < -0.39 is 18.1 Å². The maximum Gasteiger partial charge on any atom is 0.331 e. The molecule has 0 aromatic rings. The molecule has 2 amide bonds. The van der Waals surface area contributed by atoms with Gasteiger partial charge in [-0.3, -0.25) is 9.59 Å². The van der Waals surface area contributed by atoms with Gasteiger partial charge in [-0.25, -0.2) is 4.79 Å². The van der Waals surface area contributed by atoms with Crippen LogP contribution in [0.1, 0.15) is 20.8 Å². The van der Waals surface area contributed by atoms with Crippen molar-refractivity contribution in [3.63, 3.8) is 0 Å². The molecule has 1 N–H and O–H groups in total. The Kier molecular flexibility index (Phi) is 5.94. The van der Waals surface area contributed by atoms with Crippen LogP contribution in [-0.2, 0) is 23.9 Å². The molecule has 7 heteroatoms. The van der Waals surface area contributed by atoms with Crippen LogP contribution in [-0.4, -0.2) is 61.6 Å². The highest BCUT2D eigenvalue weighted by atomic mass is 16.5. The second-order valence-corrected chi connectivity index (χ2v) is 5.07. The molecule has 1 fully saturated rings. The normalized spacial score (nSPS) is 20.4. The van der Waals surface area contributed by atoms with Gasteiger partial charge in [0.2, 0.25) is 11.8 Å². The van der Waals surface area contributed by atoms with Crippen LogP contribution in [0.2, 0.25) is 0 Å². The molecule has 20 heavy (non-hydrogen) atoms. The van der Waals surface area contributed by atoms with Gasteiger partial charge in [0.05, 0.1) is 20.3 Å². The summed E-state index contributed by atoms with van der Waals surface area (Å²) in [6, 6.07) is -1.41. The molecule has 1 aliphatic rings. The van der Waals surface area contributed by atoms with Gasteiger partial charge in [-0.2, -0.15) is 0 Å². The molecule has 0 aromatic carbocycles. The molecule has 1 heterocycles. The zero-order valence-electron chi connectivity index (χ0n) is 12.3. The number of carbonyl (C=O) groups is 3. The van der Waals surface area contributed by atoms with Crippen LogP contribution >= 0.6 is 0 Å². The number of nitrogens with zero attached hydrogens (tertiary/aromatic N) is 1. The summed E-state index contributed by atoms with van der Waals surface area (Å²) in [5.74, 6) is -1.15. The Bertz CT molecular complexity index is 383. The first-order chi connectivity index (χ1) is 9.38. The molecule has 0 radical (unpaired) electrons. The summed E-state index contributed by atoms with van der Waals surface area (Å²) >= 11 is 0. The fraction of sp³-hybridized carbons (Fsp3) is 0.769. The lowest BCUT2D eigenvalue weighted by Crippen LogP contribution is -2.59. The number of rotatable bonds is 4. The molecular weight excluding hydrogens is 264 g/mol. The highest BCUT2D eigenvalue weighted by Gasteiger charge is 2.37. The molecule has 0 aliphatic carbocycles. The topological polar surface area (TPSA) is 84.9 Å². The SMILES string of the molecule is COC(=O)C1COCCN1C(=O)C(NC(C)=O)C(C)C. The van der Waals surface area contributed by atoms with E-state index in [0.717, 1.165) is 0 Å². The van der Waals surface area contributed by atoms with E-state index in [1.54, 1.807) is 0 Å². The molecule has 0 aromatic heterocycles. The molecule has 0 spiro atoms. The third-order valence-corrected chi connectivity index (χ3v) is 3.18. The van der Waals surface area contributed by atoms with Crippen LogP contribution in [0.15, 0.2) is 0 Å². The lowest BCUT2D eigenvalue weighted by Gasteiger charge is -2.36. The van der Waals surface area contributed by atoms with E-state index in [2.05, 4.69) is 5.32 Å². The van der Waals surface area contributed by atoms with E-state index in [1.165, 1.54) is 18.9 Å². The zero-order chi connectivity index (χ0) is 15.3. The first-order valence-corrected chi connectivity index (χ1v) is 6.61. The average Bonchev–Trinajstić information content (AvgIpc) is 2.42. The Morgan fingerprint density at radius 3 is 2.50 bits per heavy atom. The van der Waals surface area contributed by atoms with E-state index in [1.807, 2.05) is 13.8 Å². The second-order valence-electron chi connectivity index (χ2n) is 5.07. The Labute approximate surface area is 118 Å². The minimum atomic E-state index is -0.753. The van der Waals surface area contributed by atoms with Crippen molar-refractivity contribution in [1.29, 1.82) is 0 Å². The molecule has 114 valence electrons. The number of esters is 1. The van der Waals surface area contributed by atoms with Crippen LogP contribution in [0.5, 0.6) is 0 Å². The van der Waals surface area contributed by atoms with Crippen molar-refractivity contribution < 1.29 is 23.9 Å². The van der Waals surface area contributed by atoms with E-state index in [9.17, 15) is 14.4 Å². The summed E-state index contributed by atoms with van der Waals surface area (Å²) in [6.45, 7) is 5.83. The van der Waals surface area contributed by atoms with Gasteiger partial charge in [0.15, 0.2) is 6.04 Å². The largest absolute Gasteiger partial charge is 0.467 e. The number of amides is 2. The van der Waals surface area contributed by atoms with Crippen molar-refractivity contribution in [2.45, 2.75) is 32.9 Å². The number of hydrogen-bond acceptors (Lipinski definition) is 5. The fourth-order valence-corrected chi connectivity index (χ4v) is 2.11. The average molecular weight is 286 g/mol. The van der Waals surface area contributed by atoms with Crippen molar-refractivity contribution >= 4 is 17.8 Å². The van der Waals surface area contributed by atoms with E-state index in [-0.39, 0.29) is 24.3 Å². The monoisotopic (exact) mass is 286 g/mol. The summed E-state index contributed by atoms with van der Waals surface area (Å²) in [5.41, 5.74) is 0. The molecule has 7 nitrogen and oxygen atoms in total. The van der Waals surface area contributed by atoms with E-state index in [0.29, 0.717) is 13.2 Å². The minimum absolute atomic E-state index is 0.0764. The Morgan fingerprint density at radius 1 is 1.35 bits per heavy atom. The van der Waals surface area contributed by atoms with Gasteiger partial charge in [0.1, 0.15) is 6.04 Å². The van der Waals surface area contributed by atoms with Crippen LogP contribution in [0.25, 0.3) is 0 Å². The van der Waals surface area contributed by atoms with Crippen molar-refractivity contribution in [1.82, 2.24) is 10.2 Å². The Hall–Kier alpha value is -1.63. The molecule has 1 rings (SSSR count). The van der Waals surface area contributed by atoms with Gasteiger partial charge in [-0.15, -0.1) is 0 Å². The number of ether oxygens (including phenoxy) is 2. The summed E-state index contributed by atoms with van der Waals surface area (Å²) < 4.78 is 9.92. The van der Waals surface area contributed by atoms with E-state index >= 15 is 0 Å². The molecule has 0 bridgehead atoms. The third kappa shape index (κ3) is 3.93. The quantitative estimate of drug-likeness (QED) is 0.707. The molecule has 1 aliphatic heterocycles. The van der Waals surface area contributed by atoms with Crippen LogP contribution < -0.4 is 5.32 Å². The highest BCUT2D eigenvalue weighted by molar-refractivity contribution is 5.90. The first-order valence-electron chi connectivity index (χ1n) is 6.61. The smallest absolute Gasteiger partial charge is 0.331 e. The zero-order valence-corrected chi connectivity index (χ0v) is 12.3. The molecule has 1 saturated heterocycles. The predicted octanol–water partition coefficient (Wildman–Crippen LogP) is -0.452. The number of morpholine rings is 1. The maximum absolute atomic E-state index is 12.6. The minimum Gasteiger partial charge on any atom is -0.467 e. The highest BCUT2D eigenvalue weighted by Crippen LogP contribution is 2.14. The van der Waals surface area contributed by atoms with Crippen molar-refractivity contribution in [3.05, 3.63) is 0 Å². The van der Waals surface area contributed by atoms with Crippen LogP contribution in [0.4, 0.5) is 0 Å². The van der Waals surface area contributed by atoms with E-state index in [4.69, 9.17) is 9.47 Å². The lowest BCUT2D eigenvalue weighted by atomic mass is 10.0. The first kappa shape index (κ1) is 16.4. The number of nitrogens with one attached hydrogen (secondary N) is 1. The third-order valence-electron chi connectivity index (χ3n) is 3.18. The Morgan fingerprint density at radius 2 is 2.00 bits per heavy atom. The molecule has 0 saturated carbocycles. The molecule has 2 atom stereocenters. The van der Waals surface area contributed by atoms with Crippen LogP contribution in [0, 0.1) is 5.92 Å². The molecular formula is C13H22N2O5. The van der Waals surface area contributed by atoms with Crippen molar-refractivity contribution in [2.24, 2.45) is 5.92 Å². The number of methoxy groups -OCH3 is 1. The predicted molar refractivity (Wildman–Crippen MR) is 70.8 cm³/mol.